The van der Waals surface area contributed by atoms with Gasteiger partial charge in [0, 0.05) is 36.0 Å². The maximum absolute atomic E-state index is 11.5. The second kappa shape index (κ2) is 5.48. The molecule has 5 nitrogen and oxygen atoms in total. The Morgan fingerprint density at radius 3 is 2.74 bits per heavy atom. The quantitative estimate of drug-likeness (QED) is 0.470. The number of aromatic nitrogens is 1. The van der Waals surface area contributed by atoms with Crippen LogP contribution in [0, 0.1) is 10.1 Å². The molecule has 2 aromatic rings. The van der Waals surface area contributed by atoms with Crippen molar-refractivity contribution in [2.24, 2.45) is 0 Å². The Bertz CT molecular complexity index is 617. The van der Waals surface area contributed by atoms with Gasteiger partial charge in [0.05, 0.1) is 11.5 Å². The molecule has 2 rings (SSSR count). The van der Waals surface area contributed by atoms with Crippen LogP contribution in [-0.4, -0.2) is 15.3 Å². The number of rotatable bonds is 5. The molecule has 1 aromatic carbocycles. The highest BCUT2D eigenvalue weighted by Gasteiger charge is 2.13. The largest absolute Gasteiger partial charge is 0.349 e. The number of nitro benzene ring substituents is 1. The van der Waals surface area contributed by atoms with Crippen molar-refractivity contribution in [3.05, 3.63) is 64.0 Å². The van der Waals surface area contributed by atoms with Gasteiger partial charge in [0.2, 0.25) is 0 Å². The Balaban J connectivity index is 2.24. The normalized spacial score (nSPS) is 10.4. The second-order valence-electron chi connectivity index (χ2n) is 4.24. The summed E-state index contributed by atoms with van der Waals surface area (Å²) in [5.41, 5.74) is 1.36. The van der Waals surface area contributed by atoms with E-state index in [1.54, 1.807) is 41.2 Å². The van der Waals surface area contributed by atoms with E-state index in [1.165, 1.54) is 6.07 Å². The van der Waals surface area contributed by atoms with E-state index in [-0.39, 0.29) is 11.5 Å². The summed E-state index contributed by atoms with van der Waals surface area (Å²) in [4.78, 5) is 22.1. The molecule has 0 unspecified atom stereocenters. The van der Waals surface area contributed by atoms with Crippen LogP contribution < -0.4 is 0 Å². The van der Waals surface area contributed by atoms with Crippen LogP contribution in [0.25, 0.3) is 0 Å². The van der Waals surface area contributed by atoms with Crippen LogP contribution in [0.3, 0.4) is 0 Å². The highest BCUT2D eigenvalue weighted by molar-refractivity contribution is 5.95. The van der Waals surface area contributed by atoms with E-state index >= 15 is 0 Å². The smallest absolute Gasteiger partial charge is 0.274 e. The minimum Gasteiger partial charge on any atom is -0.349 e. The zero-order valence-corrected chi connectivity index (χ0v) is 10.6. The van der Waals surface area contributed by atoms with Crippen LogP contribution in [0.2, 0.25) is 0 Å². The molecule has 19 heavy (non-hydrogen) atoms. The molecule has 5 heteroatoms. The van der Waals surface area contributed by atoms with E-state index in [0.29, 0.717) is 24.1 Å². The maximum Gasteiger partial charge on any atom is 0.274 e. The summed E-state index contributed by atoms with van der Waals surface area (Å²) in [6.45, 7) is 2.19. The predicted octanol–water partition coefficient (Wildman–Crippen LogP) is 3.04. The highest BCUT2D eigenvalue weighted by atomic mass is 16.6. The van der Waals surface area contributed by atoms with Crippen LogP contribution in [-0.2, 0) is 6.54 Å². The van der Waals surface area contributed by atoms with Crippen molar-refractivity contribution in [2.75, 3.05) is 0 Å². The number of hydrogen-bond donors (Lipinski definition) is 0. The fraction of sp³-hybridized carbons (Fsp3) is 0.214. The van der Waals surface area contributed by atoms with Crippen molar-refractivity contribution in [2.45, 2.75) is 19.9 Å². The van der Waals surface area contributed by atoms with E-state index in [9.17, 15) is 14.9 Å². The molecule has 0 saturated carbocycles. The molecule has 1 heterocycles. The Hall–Kier alpha value is -2.43. The summed E-state index contributed by atoms with van der Waals surface area (Å²) in [6, 6.07) is 8.35. The first-order chi connectivity index (χ1) is 9.11. The Kier molecular flexibility index (Phi) is 3.75. The van der Waals surface area contributed by atoms with Crippen LogP contribution in [0.4, 0.5) is 5.69 Å². The summed E-state index contributed by atoms with van der Waals surface area (Å²) in [5, 5.41) is 10.9. The number of benzene rings is 1. The SMILES string of the molecule is CCC(=O)c1ccn(Cc2ccccc2[N+](=O)[O-])c1. The molecule has 0 aliphatic carbocycles. The lowest BCUT2D eigenvalue weighted by atomic mass is 10.2. The molecule has 0 fully saturated rings. The molecule has 0 saturated heterocycles. The monoisotopic (exact) mass is 258 g/mol. The number of Topliss-reactive ketones (excluding diaryl/α,β-unsaturated/α-hetero) is 1. The lowest BCUT2D eigenvalue weighted by Crippen LogP contribution is -2.01. The highest BCUT2D eigenvalue weighted by Crippen LogP contribution is 2.19. The predicted molar refractivity (Wildman–Crippen MR) is 71.3 cm³/mol. The van der Waals surface area contributed by atoms with Gasteiger partial charge in [-0.15, -0.1) is 0 Å². The van der Waals surface area contributed by atoms with Crippen molar-refractivity contribution in [1.29, 1.82) is 0 Å². The zero-order valence-electron chi connectivity index (χ0n) is 10.6. The molecule has 98 valence electrons. The van der Waals surface area contributed by atoms with Gasteiger partial charge in [-0.2, -0.15) is 0 Å². The van der Waals surface area contributed by atoms with E-state index in [2.05, 4.69) is 0 Å². The Morgan fingerprint density at radius 1 is 1.32 bits per heavy atom. The molecule has 0 aliphatic heterocycles. The third-order valence-corrected chi connectivity index (χ3v) is 2.93. The van der Waals surface area contributed by atoms with E-state index in [4.69, 9.17) is 0 Å². The molecule has 0 bridgehead atoms. The minimum absolute atomic E-state index is 0.0707. The molecule has 1 aromatic heterocycles. The second-order valence-corrected chi connectivity index (χ2v) is 4.24. The number of hydrogen-bond acceptors (Lipinski definition) is 3. The number of nitro groups is 1. The van der Waals surface area contributed by atoms with Gasteiger partial charge in [0.1, 0.15) is 0 Å². The molecule has 0 N–H and O–H groups in total. The summed E-state index contributed by atoms with van der Waals surface area (Å²) >= 11 is 0. The lowest BCUT2D eigenvalue weighted by molar-refractivity contribution is -0.385. The Morgan fingerprint density at radius 2 is 2.05 bits per heavy atom. The number of ketones is 1. The van der Waals surface area contributed by atoms with E-state index < -0.39 is 4.92 Å². The van der Waals surface area contributed by atoms with Crippen LogP contribution >= 0.6 is 0 Å². The molecule has 0 aliphatic rings. The number of nitrogens with zero attached hydrogens (tertiary/aromatic N) is 2. The summed E-state index contributed by atoms with van der Waals surface area (Å²) in [7, 11) is 0. The van der Waals surface area contributed by atoms with E-state index in [0.717, 1.165) is 0 Å². The molecule has 0 amide bonds. The lowest BCUT2D eigenvalue weighted by Gasteiger charge is -2.04. The third kappa shape index (κ3) is 2.88. The van der Waals surface area contributed by atoms with Crippen LogP contribution in [0.5, 0.6) is 0 Å². The average Bonchev–Trinajstić information content (AvgIpc) is 2.86. The maximum atomic E-state index is 11.5. The third-order valence-electron chi connectivity index (χ3n) is 2.93. The van der Waals surface area contributed by atoms with Gasteiger partial charge in [0.15, 0.2) is 5.78 Å². The standard InChI is InChI=1S/C14H14N2O3/c1-2-14(17)12-7-8-15(10-12)9-11-5-3-4-6-13(11)16(18)19/h3-8,10H,2,9H2,1H3. The summed E-state index contributed by atoms with van der Waals surface area (Å²) < 4.78 is 1.78. The fourth-order valence-electron chi connectivity index (χ4n) is 1.93. The molecule has 0 spiro atoms. The van der Waals surface area contributed by atoms with Crippen molar-refractivity contribution < 1.29 is 9.72 Å². The Labute approximate surface area is 110 Å². The average molecular weight is 258 g/mol. The van der Waals surface area contributed by atoms with Gasteiger partial charge >= 0.3 is 0 Å². The molecular formula is C14H14N2O3. The summed E-state index contributed by atoms with van der Waals surface area (Å²) in [6.07, 6.45) is 3.94. The van der Waals surface area contributed by atoms with Gasteiger partial charge in [-0.3, -0.25) is 14.9 Å². The number of carbonyl (C=O) groups excluding carboxylic acids is 1. The van der Waals surface area contributed by atoms with Gasteiger partial charge in [-0.1, -0.05) is 25.1 Å². The molecule has 0 radical (unpaired) electrons. The zero-order chi connectivity index (χ0) is 13.8. The summed E-state index contributed by atoms with van der Waals surface area (Å²) in [5.74, 6) is 0.0707. The topological polar surface area (TPSA) is 65.1 Å². The van der Waals surface area contributed by atoms with Gasteiger partial charge < -0.3 is 4.57 Å². The van der Waals surface area contributed by atoms with Gasteiger partial charge in [-0.25, -0.2) is 0 Å². The first-order valence-electron chi connectivity index (χ1n) is 6.03. The van der Waals surface area contributed by atoms with Crippen LogP contribution in [0.15, 0.2) is 42.7 Å². The first-order valence-corrected chi connectivity index (χ1v) is 6.03. The molecular weight excluding hydrogens is 244 g/mol. The minimum atomic E-state index is -0.392. The number of carbonyl (C=O) groups is 1. The van der Waals surface area contributed by atoms with Crippen LogP contribution in [0.1, 0.15) is 29.3 Å². The number of para-hydroxylation sites is 1. The van der Waals surface area contributed by atoms with Crippen molar-refractivity contribution >= 4 is 11.5 Å². The van der Waals surface area contributed by atoms with Crippen molar-refractivity contribution in [1.82, 2.24) is 4.57 Å². The first kappa shape index (κ1) is 13.0. The molecule has 0 atom stereocenters. The fourth-order valence-corrected chi connectivity index (χ4v) is 1.93. The van der Waals surface area contributed by atoms with Gasteiger partial charge in [0.25, 0.3) is 5.69 Å². The van der Waals surface area contributed by atoms with Gasteiger partial charge in [-0.05, 0) is 6.07 Å². The van der Waals surface area contributed by atoms with Crippen molar-refractivity contribution in [3.63, 3.8) is 0 Å². The van der Waals surface area contributed by atoms with Crippen molar-refractivity contribution in [3.8, 4) is 0 Å². The van der Waals surface area contributed by atoms with E-state index in [1.807, 2.05) is 6.92 Å².